The average molecular weight is 262 g/mol. The molecule has 108 valence electrons. The summed E-state index contributed by atoms with van der Waals surface area (Å²) >= 11 is 0. The van der Waals surface area contributed by atoms with Crippen molar-refractivity contribution in [2.45, 2.75) is 70.7 Å². The number of esters is 1. The van der Waals surface area contributed by atoms with Crippen molar-refractivity contribution in [1.29, 1.82) is 0 Å². The highest BCUT2D eigenvalue weighted by Crippen LogP contribution is 2.21. The summed E-state index contributed by atoms with van der Waals surface area (Å²) in [7, 11) is 0. The van der Waals surface area contributed by atoms with Crippen LogP contribution in [0.2, 0.25) is 0 Å². The summed E-state index contributed by atoms with van der Waals surface area (Å²) in [6.45, 7) is 6.78. The molecule has 0 spiro atoms. The fraction of sp³-hybridized carbons (Fsp3) is 0.923. The van der Waals surface area contributed by atoms with Crippen LogP contribution in [0, 0.1) is 0 Å². The Morgan fingerprint density at radius 2 is 1.83 bits per heavy atom. The van der Waals surface area contributed by atoms with Crippen LogP contribution in [0.1, 0.15) is 53.4 Å². The summed E-state index contributed by atoms with van der Waals surface area (Å²) in [5, 5.41) is 28.3. The summed E-state index contributed by atoms with van der Waals surface area (Å²) in [4.78, 5) is 11.6. The van der Waals surface area contributed by atoms with Gasteiger partial charge in [-0.2, -0.15) is 0 Å². The minimum atomic E-state index is -1.29. The largest absolute Gasteiger partial charge is 0.460 e. The Morgan fingerprint density at radius 3 is 2.28 bits per heavy atom. The van der Waals surface area contributed by atoms with Gasteiger partial charge in [-0.3, -0.25) is 4.79 Å². The van der Waals surface area contributed by atoms with E-state index in [-0.39, 0.29) is 19.4 Å². The molecule has 0 fully saturated rings. The molecule has 5 heteroatoms. The molecule has 0 aromatic carbocycles. The number of aliphatic hydroxyl groups is 3. The average Bonchev–Trinajstić information content (AvgIpc) is 2.09. The highest BCUT2D eigenvalue weighted by atomic mass is 16.6. The number of hydrogen-bond acceptors (Lipinski definition) is 5. The van der Waals surface area contributed by atoms with E-state index in [1.54, 1.807) is 20.8 Å². The summed E-state index contributed by atoms with van der Waals surface area (Å²) in [6, 6.07) is 0. The van der Waals surface area contributed by atoms with E-state index in [1.165, 1.54) is 6.92 Å². The lowest BCUT2D eigenvalue weighted by Crippen LogP contribution is -2.35. The van der Waals surface area contributed by atoms with Crippen molar-refractivity contribution in [3.05, 3.63) is 0 Å². The van der Waals surface area contributed by atoms with Crippen LogP contribution in [0.15, 0.2) is 0 Å². The Balaban J connectivity index is 4.17. The third kappa shape index (κ3) is 9.39. The lowest BCUT2D eigenvalue weighted by molar-refractivity contribution is -0.160. The molecule has 5 nitrogen and oxygen atoms in total. The van der Waals surface area contributed by atoms with Gasteiger partial charge in [-0.1, -0.05) is 0 Å². The van der Waals surface area contributed by atoms with Crippen molar-refractivity contribution in [1.82, 2.24) is 0 Å². The van der Waals surface area contributed by atoms with Crippen LogP contribution in [0.4, 0.5) is 0 Å². The van der Waals surface area contributed by atoms with E-state index in [9.17, 15) is 15.0 Å². The summed E-state index contributed by atoms with van der Waals surface area (Å²) in [6.07, 6.45) is 0.0896. The Labute approximate surface area is 109 Å². The standard InChI is InChI=1S/C13H26O5/c1-12(2,3)18-11(16)9-13(4,17)8-10(15)6-5-7-14/h10,14-15,17H,5-9H2,1-4H3. The molecular formula is C13H26O5. The first-order chi connectivity index (χ1) is 8.06. The molecule has 2 unspecified atom stereocenters. The third-order valence-corrected chi connectivity index (χ3v) is 2.32. The van der Waals surface area contributed by atoms with Crippen LogP contribution in [-0.4, -0.2) is 45.2 Å². The third-order valence-electron chi connectivity index (χ3n) is 2.32. The van der Waals surface area contributed by atoms with E-state index in [0.717, 1.165) is 0 Å². The molecule has 0 aliphatic heterocycles. The molecular weight excluding hydrogens is 236 g/mol. The van der Waals surface area contributed by atoms with Gasteiger partial charge in [0.25, 0.3) is 0 Å². The number of aliphatic hydroxyl groups excluding tert-OH is 2. The molecule has 0 aromatic rings. The normalized spacial score (nSPS) is 17.1. The predicted molar refractivity (Wildman–Crippen MR) is 68.0 cm³/mol. The predicted octanol–water partition coefficient (Wildman–Crippen LogP) is 0.993. The van der Waals surface area contributed by atoms with E-state index < -0.39 is 23.3 Å². The van der Waals surface area contributed by atoms with Crippen LogP contribution < -0.4 is 0 Å². The molecule has 0 rings (SSSR count). The number of hydrogen-bond donors (Lipinski definition) is 3. The van der Waals surface area contributed by atoms with Crippen LogP contribution in [-0.2, 0) is 9.53 Å². The molecule has 2 atom stereocenters. The molecule has 0 bridgehead atoms. The van der Waals surface area contributed by atoms with Gasteiger partial charge in [0.2, 0.25) is 0 Å². The summed E-state index contributed by atoms with van der Waals surface area (Å²) in [5.41, 5.74) is -1.88. The number of rotatable bonds is 7. The van der Waals surface area contributed by atoms with Gasteiger partial charge in [-0.05, 0) is 40.5 Å². The van der Waals surface area contributed by atoms with E-state index >= 15 is 0 Å². The molecule has 0 saturated carbocycles. The molecule has 0 aliphatic rings. The Morgan fingerprint density at radius 1 is 1.28 bits per heavy atom. The first-order valence-corrected chi connectivity index (χ1v) is 6.29. The Bertz CT molecular complexity index is 255. The Kier molecular flexibility index (Phi) is 6.81. The number of carbonyl (C=O) groups is 1. The highest BCUT2D eigenvalue weighted by molar-refractivity contribution is 5.71. The van der Waals surface area contributed by atoms with Gasteiger partial charge >= 0.3 is 5.97 Å². The zero-order chi connectivity index (χ0) is 14.4. The van der Waals surface area contributed by atoms with Crippen molar-refractivity contribution in [2.24, 2.45) is 0 Å². The van der Waals surface area contributed by atoms with Crippen molar-refractivity contribution in [3.63, 3.8) is 0 Å². The molecule has 0 heterocycles. The molecule has 0 aliphatic carbocycles. The topological polar surface area (TPSA) is 87.0 Å². The summed E-state index contributed by atoms with van der Waals surface area (Å²) in [5.74, 6) is -0.484. The summed E-state index contributed by atoms with van der Waals surface area (Å²) < 4.78 is 5.12. The van der Waals surface area contributed by atoms with E-state index in [1.807, 2.05) is 0 Å². The lowest BCUT2D eigenvalue weighted by Gasteiger charge is -2.27. The van der Waals surface area contributed by atoms with Gasteiger partial charge in [0.05, 0.1) is 18.1 Å². The quantitative estimate of drug-likeness (QED) is 0.596. The molecule has 0 amide bonds. The SMILES string of the molecule is CC(O)(CC(=O)OC(C)(C)C)CC(O)CCCO. The molecule has 3 N–H and O–H groups in total. The van der Waals surface area contributed by atoms with Gasteiger partial charge in [0.15, 0.2) is 0 Å². The first-order valence-electron chi connectivity index (χ1n) is 6.29. The second-order valence-electron chi connectivity index (χ2n) is 5.98. The van der Waals surface area contributed by atoms with Gasteiger partial charge in [0.1, 0.15) is 5.60 Å². The van der Waals surface area contributed by atoms with Crippen molar-refractivity contribution in [3.8, 4) is 0 Å². The van der Waals surface area contributed by atoms with Crippen molar-refractivity contribution < 1.29 is 24.9 Å². The van der Waals surface area contributed by atoms with E-state index in [4.69, 9.17) is 9.84 Å². The Hall–Kier alpha value is -0.650. The number of ether oxygens (including phenoxy) is 1. The molecule has 0 radical (unpaired) electrons. The lowest BCUT2D eigenvalue weighted by atomic mass is 9.93. The fourth-order valence-corrected chi connectivity index (χ4v) is 1.70. The maximum absolute atomic E-state index is 11.6. The molecule has 18 heavy (non-hydrogen) atoms. The second-order valence-corrected chi connectivity index (χ2v) is 5.98. The van der Waals surface area contributed by atoms with E-state index in [2.05, 4.69) is 0 Å². The maximum atomic E-state index is 11.6. The van der Waals surface area contributed by atoms with E-state index in [0.29, 0.717) is 12.8 Å². The first kappa shape index (κ1) is 17.4. The molecule has 0 saturated heterocycles. The maximum Gasteiger partial charge on any atom is 0.309 e. The van der Waals surface area contributed by atoms with Crippen LogP contribution in [0.25, 0.3) is 0 Å². The van der Waals surface area contributed by atoms with Gasteiger partial charge in [-0.15, -0.1) is 0 Å². The zero-order valence-corrected chi connectivity index (χ0v) is 11.8. The van der Waals surface area contributed by atoms with Crippen LogP contribution >= 0.6 is 0 Å². The van der Waals surface area contributed by atoms with Gasteiger partial charge in [0, 0.05) is 13.0 Å². The van der Waals surface area contributed by atoms with Crippen molar-refractivity contribution >= 4 is 5.97 Å². The van der Waals surface area contributed by atoms with Gasteiger partial charge < -0.3 is 20.1 Å². The van der Waals surface area contributed by atoms with Gasteiger partial charge in [-0.25, -0.2) is 0 Å². The van der Waals surface area contributed by atoms with Crippen LogP contribution in [0.3, 0.4) is 0 Å². The highest BCUT2D eigenvalue weighted by Gasteiger charge is 2.29. The van der Waals surface area contributed by atoms with Crippen LogP contribution in [0.5, 0.6) is 0 Å². The smallest absolute Gasteiger partial charge is 0.309 e. The second kappa shape index (κ2) is 7.07. The minimum absolute atomic E-state index is 0.00523. The fourth-order valence-electron chi connectivity index (χ4n) is 1.70. The monoisotopic (exact) mass is 262 g/mol. The zero-order valence-electron chi connectivity index (χ0n) is 11.8. The van der Waals surface area contributed by atoms with Crippen molar-refractivity contribution in [2.75, 3.05) is 6.61 Å². The minimum Gasteiger partial charge on any atom is -0.460 e. The number of carbonyl (C=O) groups excluding carboxylic acids is 1. The molecule has 0 aromatic heterocycles.